The SMILES string of the molecule is CCCc1c(NC)ncnc1NC(C)(CO)CO. The van der Waals surface area contributed by atoms with Gasteiger partial charge >= 0.3 is 0 Å². The second-order valence-electron chi connectivity index (χ2n) is 4.55. The largest absolute Gasteiger partial charge is 0.394 e. The predicted molar refractivity (Wildman–Crippen MR) is 71.8 cm³/mol. The van der Waals surface area contributed by atoms with Gasteiger partial charge in [0, 0.05) is 12.6 Å². The molecule has 1 aromatic heterocycles. The summed E-state index contributed by atoms with van der Waals surface area (Å²) in [5.41, 5.74) is 0.178. The Balaban J connectivity index is 3.07. The Morgan fingerprint density at radius 3 is 2.33 bits per heavy atom. The first-order chi connectivity index (χ1) is 8.60. The lowest BCUT2D eigenvalue weighted by molar-refractivity contribution is 0.147. The Morgan fingerprint density at radius 1 is 1.22 bits per heavy atom. The summed E-state index contributed by atoms with van der Waals surface area (Å²) in [6.07, 6.45) is 3.25. The second kappa shape index (κ2) is 6.51. The maximum atomic E-state index is 9.31. The number of nitrogens with zero attached hydrogens (tertiary/aromatic N) is 2. The maximum absolute atomic E-state index is 9.31. The van der Waals surface area contributed by atoms with E-state index in [4.69, 9.17) is 0 Å². The number of hydrogen-bond acceptors (Lipinski definition) is 6. The molecule has 1 rings (SSSR count). The molecule has 18 heavy (non-hydrogen) atoms. The molecule has 0 saturated heterocycles. The number of rotatable bonds is 7. The highest BCUT2D eigenvalue weighted by Crippen LogP contribution is 2.23. The van der Waals surface area contributed by atoms with Crippen LogP contribution in [0.5, 0.6) is 0 Å². The molecule has 102 valence electrons. The van der Waals surface area contributed by atoms with Gasteiger partial charge in [0.05, 0.1) is 18.8 Å². The van der Waals surface area contributed by atoms with Crippen LogP contribution in [-0.4, -0.2) is 46.0 Å². The van der Waals surface area contributed by atoms with Crippen LogP contribution in [-0.2, 0) is 6.42 Å². The Kier molecular flexibility index (Phi) is 5.30. The molecule has 0 radical (unpaired) electrons. The van der Waals surface area contributed by atoms with Crippen LogP contribution in [0, 0.1) is 0 Å². The van der Waals surface area contributed by atoms with Gasteiger partial charge in [-0.2, -0.15) is 0 Å². The second-order valence-corrected chi connectivity index (χ2v) is 4.55. The first kappa shape index (κ1) is 14.7. The fraction of sp³-hybridized carbons (Fsp3) is 0.667. The number of hydrogen-bond donors (Lipinski definition) is 4. The normalized spacial score (nSPS) is 11.4. The number of aliphatic hydroxyl groups excluding tert-OH is 2. The van der Waals surface area contributed by atoms with Crippen molar-refractivity contribution in [1.82, 2.24) is 9.97 Å². The summed E-state index contributed by atoms with van der Waals surface area (Å²) in [5.74, 6) is 1.43. The molecule has 0 spiro atoms. The molecule has 1 aromatic rings. The van der Waals surface area contributed by atoms with E-state index in [0.29, 0.717) is 5.82 Å². The Hall–Kier alpha value is -1.40. The average molecular weight is 254 g/mol. The molecule has 0 aliphatic carbocycles. The van der Waals surface area contributed by atoms with Crippen molar-refractivity contribution in [2.45, 2.75) is 32.2 Å². The molecule has 0 aliphatic heterocycles. The molecule has 0 aromatic carbocycles. The van der Waals surface area contributed by atoms with Gasteiger partial charge in [-0.1, -0.05) is 13.3 Å². The van der Waals surface area contributed by atoms with E-state index < -0.39 is 5.54 Å². The van der Waals surface area contributed by atoms with Gasteiger partial charge in [0.25, 0.3) is 0 Å². The van der Waals surface area contributed by atoms with E-state index in [0.717, 1.165) is 24.2 Å². The van der Waals surface area contributed by atoms with Gasteiger partial charge < -0.3 is 20.8 Å². The molecular weight excluding hydrogens is 232 g/mol. The van der Waals surface area contributed by atoms with Gasteiger partial charge in [-0.15, -0.1) is 0 Å². The minimum absolute atomic E-state index is 0.173. The predicted octanol–water partition coefficient (Wildman–Crippen LogP) is 0.626. The lowest BCUT2D eigenvalue weighted by Gasteiger charge is -2.28. The Morgan fingerprint density at radius 2 is 1.83 bits per heavy atom. The lowest BCUT2D eigenvalue weighted by atomic mass is 10.0. The van der Waals surface area contributed by atoms with Crippen LogP contribution in [0.3, 0.4) is 0 Å². The minimum atomic E-state index is -0.790. The van der Waals surface area contributed by atoms with Gasteiger partial charge in [-0.25, -0.2) is 9.97 Å². The van der Waals surface area contributed by atoms with Crippen LogP contribution >= 0.6 is 0 Å². The fourth-order valence-electron chi connectivity index (χ4n) is 1.64. The number of anilines is 2. The quantitative estimate of drug-likeness (QED) is 0.570. The zero-order valence-electron chi connectivity index (χ0n) is 11.2. The molecule has 0 bridgehead atoms. The summed E-state index contributed by atoms with van der Waals surface area (Å²) >= 11 is 0. The third-order valence-electron chi connectivity index (χ3n) is 2.80. The topological polar surface area (TPSA) is 90.3 Å². The van der Waals surface area contributed by atoms with E-state index >= 15 is 0 Å². The summed E-state index contributed by atoms with van der Waals surface area (Å²) in [6.45, 7) is 3.47. The number of aromatic nitrogens is 2. The number of nitrogens with one attached hydrogen (secondary N) is 2. The fourth-order valence-corrected chi connectivity index (χ4v) is 1.64. The molecule has 0 aliphatic rings. The standard InChI is InChI=1S/C12H22N4O2/c1-4-5-9-10(13-3)14-8-15-11(9)16-12(2,6-17)7-18/h8,17-18H,4-7H2,1-3H3,(H2,13,14,15,16). The molecule has 4 N–H and O–H groups in total. The summed E-state index contributed by atoms with van der Waals surface area (Å²) < 4.78 is 0. The van der Waals surface area contributed by atoms with E-state index in [-0.39, 0.29) is 13.2 Å². The lowest BCUT2D eigenvalue weighted by Crippen LogP contribution is -2.43. The highest BCUT2D eigenvalue weighted by Gasteiger charge is 2.24. The van der Waals surface area contributed by atoms with Crippen molar-refractivity contribution in [2.75, 3.05) is 30.9 Å². The summed E-state index contributed by atoms with van der Waals surface area (Å²) in [6, 6.07) is 0. The molecule has 6 nitrogen and oxygen atoms in total. The molecule has 6 heteroatoms. The van der Waals surface area contributed by atoms with E-state index in [2.05, 4.69) is 27.5 Å². The highest BCUT2D eigenvalue weighted by atomic mass is 16.3. The van der Waals surface area contributed by atoms with Crippen molar-refractivity contribution in [1.29, 1.82) is 0 Å². The smallest absolute Gasteiger partial charge is 0.135 e. The van der Waals surface area contributed by atoms with Crippen LogP contribution < -0.4 is 10.6 Å². The van der Waals surface area contributed by atoms with Crippen LogP contribution in [0.15, 0.2) is 6.33 Å². The van der Waals surface area contributed by atoms with Crippen molar-refractivity contribution < 1.29 is 10.2 Å². The summed E-state index contributed by atoms with van der Waals surface area (Å²) in [7, 11) is 1.81. The zero-order chi connectivity index (χ0) is 13.6. The van der Waals surface area contributed by atoms with Gasteiger partial charge in [-0.3, -0.25) is 0 Å². The molecule has 0 amide bonds. The number of aliphatic hydroxyl groups is 2. The van der Waals surface area contributed by atoms with Gasteiger partial charge in [0.15, 0.2) is 0 Å². The highest BCUT2D eigenvalue weighted by molar-refractivity contribution is 5.58. The van der Waals surface area contributed by atoms with E-state index in [1.54, 1.807) is 6.92 Å². The Labute approximate surface area is 107 Å². The van der Waals surface area contributed by atoms with Gasteiger partial charge in [0.2, 0.25) is 0 Å². The Bertz CT molecular complexity index is 380. The van der Waals surface area contributed by atoms with E-state index in [1.165, 1.54) is 6.33 Å². The van der Waals surface area contributed by atoms with Crippen LogP contribution in [0.2, 0.25) is 0 Å². The van der Waals surface area contributed by atoms with E-state index in [9.17, 15) is 10.2 Å². The van der Waals surface area contributed by atoms with Crippen molar-refractivity contribution in [3.8, 4) is 0 Å². The first-order valence-electron chi connectivity index (χ1n) is 6.11. The molecule has 0 unspecified atom stereocenters. The molecule has 0 saturated carbocycles. The van der Waals surface area contributed by atoms with Crippen LogP contribution in [0.25, 0.3) is 0 Å². The molecular formula is C12H22N4O2. The minimum Gasteiger partial charge on any atom is -0.394 e. The van der Waals surface area contributed by atoms with E-state index in [1.807, 2.05) is 7.05 Å². The third-order valence-corrected chi connectivity index (χ3v) is 2.80. The van der Waals surface area contributed by atoms with Crippen molar-refractivity contribution in [3.05, 3.63) is 11.9 Å². The van der Waals surface area contributed by atoms with Crippen molar-refractivity contribution >= 4 is 11.6 Å². The average Bonchev–Trinajstić information content (AvgIpc) is 2.40. The molecule has 1 heterocycles. The monoisotopic (exact) mass is 254 g/mol. The molecule has 0 atom stereocenters. The van der Waals surface area contributed by atoms with Crippen molar-refractivity contribution in [3.63, 3.8) is 0 Å². The summed E-state index contributed by atoms with van der Waals surface area (Å²) in [5, 5.41) is 24.7. The summed E-state index contributed by atoms with van der Waals surface area (Å²) in [4.78, 5) is 8.37. The van der Waals surface area contributed by atoms with Gasteiger partial charge in [-0.05, 0) is 13.3 Å². The maximum Gasteiger partial charge on any atom is 0.135 e. The zero-order valence-corrected chi connectivity index (χ0v) is 11.2. The third kappa shape index (κ3) is 3.30. The van der Waals surface area contributed by atoms with Crippen LogP contribution in [0.4, 0.5) is 11.6 Å². The van der Waals surface area contributed by atoms with Crippen LogP contribution in [0.1, 0.15) is 25.8 Å². The molecule has 0 fully saturated rings. The van der Waals surface area contributed by atoms with Gasteiger partial charge in [0.1, 0.15) is 18.0 Å². The van der Waals surface area contributed by atoms with Crippen molar-refractivity contribution in [2.24, 2.45) is 0 Å². The first-order valence-corrected chi connectivity index (χ1v) is 6.11.